The molecule has 0 aromatic rings. The first-order chi connectivity index (χ1) is 3.35. The Bertz CT molecular complexity index is 70.6. The number of hydrogen-bond acceptors (Lipinski definition) is 1. The molecule has 1 nitrogen and oxygen atoms in total. The van der Waals surface area contributed by atoms with Crippen LogP contribution in [0, 0.1) is 4.33 Å². The predicted octanol–water partition coefficient (Wildman–Crippen LogP) is 0.792. The van der Waals surface area contributed by atoms with Crippen molar-refractivity contribution < 1.29 is 19.2 Å². The summed E-state index contributed by atoms with van der Waals surface area (Å²) < 4.78 is 3.12. The second-order valence-corrected chi connectivity index (χ2v) is 1.92. The van der Waals surface area contributed by atoms with Crippen molar-refractivity contribution in [3.63, 3.8) is 0 Å². The van der Waals surface area contributed by atoms with Gasteiger partial charge < -0.3 is 0 Å². The molecule has 0 aliphatic carbocycles. The fourth-order valence-corrected chi connectivity index (χ4v) is 1.28. The molecule has 0 saturated carbocycles. The van der Waals surface area contributed by atoms with Crippen molar-refractivity contribution in [3.8, 4) is 4.33 Å². The van der Waals surface area contributed by atoms with Gasteiger partial charge in [-0.3, -0.25) is 0 Å². The van der Waals surface area contributed by atoms with Crippen LogP contribution in [-0.2, 0) is 19.2 Å². The molecule has 0 amide bonds. The molecule has 0 atom stereocenters. The fraction of sp³-hybridized carbons (Fsp3) is 0.800. The van der Waals surface area contributed by atoms with Crippen molar-refractivity contribution in [2.75, 3.05) is 13.1 Å². The van der Waals surface area contributed by atoms with Gasteiger partial charge in [0.05, 0.1) is 0 Å². The van der Waals surface area contributed by atoms with Crippen molar-refractivity contribution in [1.82, 2.24) is 4.90 Å². The molecule has 7 heavy (non-hydrogen) atoms. The molecule has 41 valence electrons. The SMILES string of the molecule is CCN([C]#[W])CC. The van der Waals surface area contributed by atoms with E-state index in [1.807, 2.05) is 0 Å². The van der Waals surface area contributed by atoms with E-state index < -0.39 is 0 Å². The first-order valence-electron chi connectivity index (χ1n) is 2.47. The van der Waals surface area contributed by atoms with E-state index in [2.05, 4.69) is 23.1 Å². The number of rotatable bonds is 2. The molecule has 0 aromatic heterocycles. The van der Waals surface area contributed by atoms with Crippen LogP contribution in [0.15, 0.2) is 0 Å². The topological polar surface area (TPSA) is 3.24 Å². The Morgan fingerprint density at radius 1 is 1.43 bits per heavy atom. The summed E-state index contributed by atoms with van der Waals surface area (Å²) in [6.07, 6.45) is 0. The Kier molecular flexibility index (Phi) is 4.86. The monoisotopic (exact) mass is 268 g/mol. The molecule has 0 spiro atoms. The second-order valence-electron chi connectivity index (χ2n) is 1.26. The molecule has 2 heteroatoms. The zero-order chi connectivity index (χ0) is 5.70. The van der Waals surface area contributed by atoms with Crippen molar-refractivity contribution >= 4 is 0 Å². The first-order valence-corrected chi connectivity index (χ1v) is 3.94. The van der Waals surface area contributed by atoms with Gasteiger partial charge in [-0.25, -0.2) is 0 Å². The van der Waals surface area contributed by atoms with Crippen molar-refractivity contribution in [3.05, 3.63) is 0 Å². The third-order valence-corrected chi connectivity index (χ3v) is 1.82. The minimum absolute atomic E-state index is 1.10. The Morgan fingerprint density at radius 2 is 1.86 bits per heavy atom. The Hall–Kier alpha value is 0.428. The summed E-state index contributed by atoms with van der Waals surface area (Å²) in [4.78, 5) is 2.16. The van der Waals surface area contributed by atoms with E-state index >= 15 is 0 Å². The molecule has 0 aliphatic heterocycles. The van der Waals surface area contributed by atoms with E-state index in [9.17, 15) is 0 Å². The molecule has 0 heterocycles. The first kappa shape index (κ1) is 7.43. The van der Waals surface area contributed by atoms with Gasteiger partial charge in [-0.05, 0) is 0 Å². The van der Waals surface area contributed by atoms with Crippen LogP contribution in [-0.4, -0.2) is 18.0 Å². The van der Waals surface area contributed by atoms with Crippen molar-refractivity contribution in [1.29, 1.82) is 0 Å². The molecule has 0 aromatic carbocycles. The van der Waals surface area contributed by atoms with Crippen LogP contribution in [0.25, 0.3) is 0 Å². The Labute approximate surface area is 55.7 Å². The maximum atomic E-state index is 3.12. The zero-order valence-corrected chi connectivity index (χ0v) is 7.70. The molecule has 0 saturated heterocycles. The molecule has 0 N–H and O–H groups in total. The minimum atomic E-state index is 1.10. The van der Waals surface area contributed by atoms with Gasteiger partial charge in [0.15, 0.2) is 0 Å². The molecule has 0 radical (unpaired) electrons. The summed E-state index contributed by atoms with van der Waals surface area (Å²) in [6.45, 7) is 6.47. The summed E-state index contributed by atoms with van der Waals surface area (Å²) in [5.41, 5.74) is 0. The molecule has 0 rings (SSSR count). The third-order valence-electron chi connectivity index (χ3n) is 0.893. The van der Waals surface area contributed by atoms with Gasteiger partial charge in [0.25, 0.3) is 0 Å². The molecular weight excluding hydrogens is 258 g/mol. The van der Waals surface area contributed by atoms with Crippen LogP contribution in [0.5, 0.6) is 0 Å². The predicted molar refractivity (Wildman–Crippen MR) is 26.8 cm³/mol. The van der Waals surface area contributed by atoms with Crippen LogP contribution in [0.4, 0.5) is 0 Å². The fourth-order valence-electron chi connectivity index (χ4n) is 0.353. The third kappa shape index (κ3) is 3.05. The van der Waals surface area contributed by atoms with E-state index in [1.54, 1.807) is 0 Å². The number of hydrogen-bond donors (Lipinski definition) is 0. The number of nitrogens with zero attached hydrogens (tertiary/aromatic N) is 1. The summed E-state index contributed by atoms with van der Waals surface area (Å²) in [6, 6.07) is 0. The molecule has 0 fully saturated rings. The van der Waals surface area contributed by atoms with Crippen LogP contribution in [0.1, 0.15) is 13.8 Å². The van der Waals surface area contributed by atoms with Gasteiger partial charge in [-0.2, -0.15) is 0 Å². The average molecular weight is 268 g/mol. The van der Waals surface area contributed by atoms with Crippen molar-refractivity contribution in [2.24, 2.45) is 0 Å². The van der Waals surface area contributed by atoms with Crippen LogP contribution in [0.3, 0.4) is 0 Å². The summed E-state index contributed by atoms with van der Waals surface area (Å²) in [5.74, 6) is 0. The van der Waals surface area contributed by atoms with E-state index in [0.29, 0.717) is 0 Å². The van der Waals surface area contributed by atoms with Gasteiger partial charge in [0, 0.05) is 0 Å². The quantitative estimate of drug-likeness (QED) is 0.669. The molecule has 0 bridgehead atoms. The molecule has 0 aliphatic rings. The van der Waals surface area contributed by atoms with Gasteiger partial charge in [0.1, 0.15) is 0 Å². The van der Waals surface area contributed by atoms with Gasteiger partial charge >= 0.3 is 55.3 Å². The van der Waals surface area contributed by atoms with E-state index in [-0.39, 0.29) is 0 Å². The summed E-state index contributed by atoms with van der Waals surface area (Å²) in [7, 11) is 0. The summed E-state index contributed by atoms with van der Waals surface area (Å²) >= 11 is 1.42. The normalized spacial score (nSPS) is 8.86. The van der Waals surface area contributed by atoms with Gasteiger partial charge in [-0.1, -0.05) is 0 Å². The average Bonchev–Trinajstić information content (AvgIpc) is 1.72. The van der Waals surface area contributed by atoms with Crippen LogP contribution >= 0.6 is 0 Å². The molecule has 0 unspecified atom stereocenters. The zero-order valence-electron chi connectivity index (χ0n) is 4.77. The molecular formula is C5H10NW. The van der Waals surface area contributed by atoms with E-state index in [4.69, 9.17) is 0 Å². The van der Waals surface area contributed by atoms with Gasteiger partial charge in [-0.15, -0.1) is 0 Å². The summed E-state index contributed by atoms with van der Waals surface area (Å²) in [5, 5.41) is 0. The Balaban J connectivity index is 3.23. The van der Waals surface area contributed by atoms with Gasteiger partial charge in [0.2, 0.25) is 0 Å². The van der Waals surface area contributed by atoms with E-state index in [0.717, 1.165) is 13.1 Å². The maximum absolute atomic E-state index is 3.12. The van der Waals surface area contributed by atoms with Crippen molar-refractivity contribution in [2.45, 2.75) is 13.8 Å². The van der Waals surface area contributed by atoms with Crippen LogP contribution in [0.2, 0.25) is 0 Å². The van der Waals surface area contributed by atoms with Crippen LogP contribution < -0.4 is 0 Å². The second kappa shape index (κ2) is 4.58. The Morgan fingerprint density at radius 3 is 1.86 bits per heavy atom. The van der Waals surface area contributed by atoms with E-state index in [1.165, 1.54) is 19.2 Å². The standard InChI is InChI=1S/C5H10N.W/c1-4-6(3)5-2;/h4-5H2,1-2H3;.